The van der Waals surface area contributed by atoms with Gasteiger partial charge in [-0.2, -0.15) is 0 Å². The molecule has 98 valence electrons. The Labute approximate surface area is 103 Å². The van der Waals surface area contributed by atoms with Crippen molar-refractivity contribution in [3.05, 3.63) is 0 Å². The maximum absolute atomic E-state index is 11.9. The van der Waals surface area contributed by atoms with Crippen LogP contribution < -0.4 is 5.32 Å². The van der Waals surface area contributed by atoms with E-state index in [0.717, 1.165) is 45.4 Å². The predicted octanol–water partition coefficient (Wildman–Crippen LogP) is 1.34. The topological polar surface area (TPSA) is 47.6 Å². The van der Waals surface area contributed by atoms with Crippen LogP contribution >= 0.6 is 0 Å². The molecular weight excluding hydrogens is 218 g/mol. The van der Waals surface area contributed by atoms with Crippen molar-refractivity contribution < 1.29 is 14.3 Å². The third kappa shape index (κ3) is 3.68. The molecular formula is C13H23NO3. The van der Waals surface area contributed by atoms with Gasteiger partial charge in [-0.1, -0.05) is 6.92 Å². The van der Waals surface area contributed by atoms with Gasteiger partial charge in [-0.15, -0.1) is 0 Å². The summed E-state index contributed by atoms with van der Waals surface area (Å²) in [6.07, 6.45) is 4.30. The quantitative estimate of drug-likeness (QED) is 0.758. The summed E-state index contributed by atoms with van der Waals surface area (Å²) in [5.74, 6) is 0.821. The molecule has 2 aliphatic rings. The van der Waals surface area contributed by atoms with Crippen LogP contribution in [0.1, 0.15) is 32.6 Å². The summed E-state index contributed by atoms with van der Waals surface area (Å²) in [5.41, 5.74) is 0. The van der Waals surface area contributed by atoms with Crippen LogP contribution in [0.4, 0.5) is 0 Å². The van der Waals surface area contributed by atoms with Gasteiger partial charge in [0.05, 0.1) is 6.61 Å². The first-order valence-electron chi connectivity index (χ1n) is 6.75. The average Bonchev–Trinajstić information content (AvgIpc) is 2.38. The maximum atomic E-state index is 11.9. The van der Waals surface area contributed by atoms with Crippen molar-refractivity contribution >= 4 is 5.97 Å². The zero-order chi connectivity index (χ0) is 12.1. The molecule has 2 atom stereocenters. The van der Waals surface area contributed by atoms with E-state index < -0.39 is 0 Å². The molecule has 0 saturated carbocycles. The first-order chi connectivity index (χ1) is 8.27. The summed E-state index contributed by atoms with van der Waals surface area (Å²) in [5, 5.41) is 3.26. The highest BCUT2D eigenvalue weighted by Gasteiger charge is 2.29. The molecule has 2 heterocycles. The summed E-state index contributed by atoms with van der Waals surface area (Å²) < 4.78 is 10.7. The Bertz CT molecular complexity index is 251. The second kappa shape index (κ2) is 6.36. The highest BCUT2D eigenvalue weighted by Crippen LogP contribution is 2.19. The second-order valence-electron chi connectivity index (χ2n) is 5.24. The number of hydrogen-bond acceptors (Lipinski definition) is 4. The van der Waals surface area contributed by atoms with Gasteiger partial charge in [0.1, 0.15) is 6.04 Å². The van der Waals surface area contributed by atoms with Crippen molar-refractivity contribution in [3.8, 4) is 0 Å². The summed E-state index contributed by atoms with van der Waals surface area (Å²) >= 11 is 0. The van der Waals surface area contributed by atoms with Gasteiger partial charge in [0.2, 0.25) is 0 Å². The summed E-state index contributed by atoms with van der Waals surface area (Å²) in [4.78, 5) is 11.9. The van der Waals surface area contributed by atoms with Crippen LogP contribution in [0, 0.1) is 11.8 Å². The van der Waals surface area contributed by atoms with Gasteiger partial charge in [-0.25, -0.2) is 0 Å². The number of rotatable bonds is 3. The number of esters is 1. The van der Waals surface area contributed by atoms with Crippen LogP contribution in [0.2, 0.25) is 0 Å². The van der Waals surface area contributed by atoms with E-state index >= 15 is 0 Å². The highest BCUT2D eigenvalue weighted by molar-refractivity contribution is 5.76. The lowest BCUT2D eigenvalue weighted by Gasteiger charge is -2.29. The van der Waals surface area contributed by atoms with E-state index in [0.29, 0.717) is 18.4 Å². The molecule has 4 nitrogen and oxygen atoms in total. The van der Waals surface area contributed by atoms with Crippen LogP contribution in [0.5, 0.6) is 0 Å². The molecule has 0 aliphatic carbocycles. The van der Waals surface area contributed by atoms with Gasteiger partial charge >= 0.3 is 5.97 Å². The largest absolute Gasteiger partial charge is 0.464 e. The molecule has 17 heavy (non-hydrogen) atoms. The summed E-state index contributed by atoms with van der Waals surface area (Å²) in [6, 6.07) is -0.0939. The van der Waals surface area contributed by atoms with Crippen LogP contribution in [-0.4, -0.2) is 38.4 Å². The van der Waals surface area contributed by atoms with Crippen molar-refractivity contribution in [1.82, 2.24) is 5.32 Å². The van der Waals surface area contributed by atoms with Gasteiger partial charge in [0, 0.05) is 13.2 Å². The Balaban J connectivity index is 1.72. The van der Waals surface area contributed by atoms with E-state index in [1.165, 1.54) is 0 Å². The maximum Gasteiger partial charge on any atom is 0.323 e. The van der Waals surface area contributed by atoms with E-state index in [1.807, 2.05) is 0 Å². The Kier molecular flexibility index (Phi) is 4.80. The van der Waals surface area contributed by atoms with Crippen LogP contribution in [0.25, 0.3) is 0 Å². The molecule has 0 radical (unpaired) electrons. The molecule has 0 aromatic carbocycles. The molecule has 1 N–H and O–H groups in total. The van der Waals surface area contributed by atoms with Crippen LogP contribution in [0.3, 0.4) is 0 Å². The van der Waals surface area contributed by atoms with Crippen molar-refractivity contribution in [2.24, 2.45) is 11.8 Å². The Morgan fingerprint density at radius 3 is 2.82 bits per heavy atom. The first kappa shape index (κ1) is 12.8. The predicted molar refractivity (Wildman–Crippen MR) is 64.7 cm³/mol. The molecule has 0 bridgehead atoms. The molecule has 2 rings (SSSR count). The Hall–Kier alpha value is -0.610. The van der Waals surface area contributed by atoms with Gasteiger partial charge in [-0.05, 0) is 44.1 Å². The lowest BCUT2D eigenvalue weighted by atomic mass is 9.93. The number of nitrogens with one attached hydrogen (secondary N) is 1. The minimum absolute atomic E-state index is 0.0660. The second-order valence-corrected chi connectivity index (χ2v) is 5.24. The van der Waals surface area contributed by atoms with Crippen molar-refractivity contribution in [1.29, 1.82) is 0 Å². The summed E-state index contributed by atoms with van der Waals surface area (Å²) in [7, 11) is 0. The van der Waals surface area contributed by atoms with Crippen molar-refractivity contribution in [2.75, 3.05) is 26.4 Å². The number of carbonyl (C=O) groups is 1. The minimum Gasteiger partial charge on any atom is -0.464 e. The lowest BCUT2D eigenvalue weighted by Crippen LogP contribution is -2.47. The van der Waals surface area contributed by atoms with E-state index in [2.05, 4.69) is 12.2 Å². The van der Waals surface area contributed by atoms with E-state index in [-0.39, 0.29) is 12.0 Å². The summed E-state index contributed by atoms with van der Waals surface area (Å²) in [6.45, 7) is 5.22. The van der Waals surface area contributed by atoms with E-state index in [9.17, 15) is 4.79 Å². The zero-order valence-corrected chi connectivity index (χ0v) is 10.6. The highest BCUT2D eigenvalue weighted by atomic mass is 16.5. The molecule has 2 aliphatic heterocycles. The fourth-order valence-corrected chi connectivity index (χ4v) is 2.57. The van der Waals surface area contributed by atoms with Gasteiger partial charge in [0.25, 0.3) is 0 Å². The van der Waals surface area contributed by atoms with Crippen molar-refractivity contribution in [2.45, 2.75) is 38.6 Å². The number of piperidine rings is 1. The molecule has 0 spiro atoms. The third-order valence-electron chi connectivity index (χ3n) is 3.83. The molecule has 0 aromatic rings. The third-order valence-corrected chi connectivity index (χ3v) is 3.83. The Morgan fingerprint density at radius 2 is 2.12 bits per heavy atom. The Morgan fingerprint density at radius 1 is 1.35 bits per heavy atom. The number of carbonyl (C=O) groups excluding carboxylic acids is 1. The van der Waals surface area contributed by atoms with Gasteiger partial charge in [-0.3, -0.25) is 4.79 Å². The first-order valence-corrected chi connectivity index (χ1v) is 6.75. The number of ether oxygens (including phenoxy) is 2. The minimum atomic E-state index is -0.0939. The molecule has 0 amide bonds. The molecule has 4 heteroatoms. The normalized spacial score (nSPS) is 31.1. The van der Waals surface area contributed by atoms with E-state index in [4.69, 9.17) is 9.47 Å². The SMILES string of the molecule is CC1CCCNC1C(=O)OCC1CCOCC1. The molecule has 2 unspecified atom stereocenters. The molecule has 2 fully saturated rings. The number of hydrogen-bond donors (Lipinski definition) is 1. The van der Waals surface area contributed by atoms with E-state index in [1.54, 1.807) is 0 Å². The lowest BCUT2D eigenvalue weighted by molar-refractivity contribution is -0.150. The standard InChI is InChI=1S/C13H23NO3/c1-10-3-2-6-14-12(10)13(15)17-9-11-4-7-16-8-5-11/h10-12,14H,2-9H2,1H3. The fourth-order valence-electron chi connectivity index (χ4n) is 2.57. The van der Waals surface area contributed by atoms with Crippen molar-refractivity contribution in [3.63, 3.8) is 0 Å². The van der Waals surface area contributed by atoms with Gasteiger partial charge < -0.3 is 14.8 Å². The zero-order valence-electron chi connectivity index (χ0n) is 10.6. The molecule has 0 aromatic heterocycles. The van der Waals surface area contributed by atoms with Gasteiger partial charge in [0.15, 0.2) is 0 Å². The fraction of sp³-hybridized carbons (Fsp3) is 0.923. The average molecular weight is 241 g/mol. The smallest absolute Gasteiger partial charge is 0.323 e. The van der Waals surface area contributed by atoms with Crippen LogP contribution in [-0.2, 0) is 14.3 Å². The monoisotopic (exact) mass is 241 g/mol. The molecule has 2 saturated heterocycles. The van der Waals surface area contributed by atoms with Crippen LogP contribution in [0.15, 0.2) is 0 Å².